The molecule has 1 saturated carbocycles. The van der Waals surface area contributed by atoms with Crippen LogP contribution >= 0.6 is 11.6 Å². The maximum Gasteiger partial charge on any atom is 0.225 e. The lowest BCUT2D eigenvalue weighted by Crippen LogP contribution is -2.47. The first-order valence-electron chi connectivity index (χ1n) is 6.19. The van der Waals surface area contributed by atoms with Gasteiger partial charge in [0.25, 0.3) is 0 Å². The molecule has 0 aromatic heterocycles. The number of nitrogens with zero attached hydrogens (tertiary/aromatic N) is 1. The number of halogens is 1. The Morgan fingerprint density at radius 2 is 2.00 bits per heavy atom. The van der Waals surface area contributed by atoms with Crippen molar-refractivity contribution in [2.45, 2.75) is 51.0 Å². The molecule has 1 heterocycles. The molecule has 1 aliphatic carbocycles. The second-order valence-corrected chi connectivity index (χ2v) is 5.16. The van der Waals surface area contributed by atoms with Crippen LogP contribution < -0.4 is 0 Å². The van der Waals surface area contributed by atoms with E-state index in [-0.39, 0.29) is 0 Å². The fourth-order valence-corrected chi connectivity index (χ4v) is 2.86. The molecule has 0 aromatic carbocycles. The summed E-state index contributed by atoms with van der Waals surface area (Å²) in [5.74, 6) is 1.44. The molecule has 2 nitrogen and oxygen atoms in total. The monoisotopic (exact) mass is 229 g/mol. The van der Waals surface area contributed by atoms with E-state index in [9.17, 15) is 4.79 Å². The summed E-state index contributed by atoms with van der Waals surface area (Å²) in [4.78, 5) is 14.3. The molecule has 1 unspecified atom stereocenters. The Kier molecular flexibility index (Phi) is 3.90. The average Bonchev–Trinajstić information content (AvgIpc) is 2.16. The molecule has 2 aliphatic rings. The van der Waals surface area contributed by atoms with Crippen LogP contribution in [-0.4, -0.2) is 29.3 Å². The molecule has 2 rings (SSSR count). The van der Waals surface area contributed by atoms with Crippen LogP contribution in [-0.2, 0) is 4.79 Å². The number of hydrogen-bond donors (Lipinski definition) is 0. The lowest BCUT2D eigenvalue weighted by Gasteiger charge is -2.39. The van der Waals surface area contributed by atoms with Crippen molar-refractivity contribution in [1.82, 2.24) is 4.90 Å². The Balaban J connectivity index is 1.93. The van der Waals surface area contributed by atoms with Gasteiger partial charge in [0.15, 0.2) is 0 Å². The number of piperidine rings is 1. The highest BCUT2D eigenvalue weighted by Gasteiger charge is 2.33. The molecule has 2 fully saturated rings. The number of rotatable bonds is 3. The Labute approximate surface area is 97.0 Å². The quantitative estimate of drug-likeness (QED) is 0.682. The number of carbonyl (C=O) groups is 1. The molecule has 3 heteroatoms. The maximum absolute atomic E-state index is 12.1. The van der Waals surface area contributed by atoms with Crippen LogP contribution in [0.1, 0.15) is 44.9 Å². The highest BCUT2D eigenvalue weighted by Crippen LogP contribution is 2.31. The Bertz CT molecular complexity index is 226. The number of hydrogen-bond acceptors (Lipinski definition) is 1. The Morgan fingerprint density at radius 1 is 1.20 bits per heavy atom. The molecule has 1 amide bonds. The molecule has 0 radical (unpaired) electrons. The summed E-state index contributed by atoms with van der Waals surface area (Å²) >= 11 is 5.79. The number of carbonyl (C=O) groups excluding carboxylic acids is 1. The summed E-state index contributed by atoms with van der Waals surface area (Å²) < 4.78 is 0. The molecule has 0 bridgehead atoms. The minimum atomic E-state index is 0.348. The van der Waals surface area contributed by atoms with Crippen molar-refractivity contribution in [2.75, 3.05) is 12.4 Å². The summed E-state index contributed by atoms with van der Waals surface area (Å²) in [7, 11) is 0. The van der Waals surface area contributed by atoms with E-state index in [0.717, 1.165) is 32.2 Å². The summed E-state index contributed by atoms with van der Waals surface area (Å²) in [5.41, 5.74) is 0. The minimum Gasteiger partial charge on any atom is -0.339 e. The first kappa shape index (κ1) is 11.3. The molecular weight excluding hydrogens is 210 g/mol. The van der Waals surface area contributed by atoms with Crippen LogP contribution in [0.2, 0.25) is 0 Å². The smallest absolute Gasteiger partial charge is 0.225 e. The topological polar surface area (TPSA) is 20.3 Å². The second kappa shape index (κ2) is 5.20. The van der Waals surface area contributed by atoms with Crippen LogP contribution in [0.5, 0.6) is 0 Å². The van der Waals surface area contributed by atoms with Crippen molar-refractivity contribution < 1.29 is 4.79 Å². The van der Waals surface area contributed by atoms with Gasteiger partial charge >= 0.3 is 0 Å². The van der Waals surface area contributed by atoms with Crippen LogP contribution in [0.25, 0.3) is 0 Å². The standard InChI is InChI=1S/C12H20ClNO/c13-8-7-11-6-1-2-9-14(11)12(15)10-4-3-5-10/h10-11H,1-9H2. The van der Waals surface area contributed by atoms with E-state index in [1.807, 2.05) is 0 Å². The minimum absolute atomic E-state index is 0.348. The summed E-state index contributed by atoms with van der Waals surface area (Å²) in [6.07, 6.45) is 8.04. The van der Waals surface area contributed by atoms with Crippen molar-refractivity contribution in [3.05, 3.63) is 0 Å². The predicted molar refractivity (Wildman–Crippen MR) is 62.0 cm³/mol. The fourth-order valence-electron chi connectivity index (χ4n) is 2.61. The van der Waals surface area contributed by atoms with Crippen molar-refractivity contribution in [3.8, 4) is 0 Å². The van der Waals surface area contributed by atoms with Gasteiger partial charge in [0.1, 0.15) is 0 Å². The molecule has 0 spiro atoms. The lowest BCUT2D eigenvalue weighted by molar-refractivity contribution is -0.142. The molecule has 1 saturated heterocycles. The normalized spacial score (nSPS) is 27.5. The predicted octanol–water partition coefficient (Wildman–Crippen LogP) is 2.80. The van der Waals surface area contributed by atoms with Crippen LogP contribution in [0, 0.1) is 5.92 Å². The van der Waals surface area contributed by atoms with Gasteiger partial charge in [-0.05, 0) is 38.5 Å². The van der Waals surface area contributed by atoms with Gasteiger partial charge in [0.05, 0.1) is 0 Å². The zero-order valence-corrected chi connectivity index (χ0v) is 10.0. The molecule has 1 aliphatic heterocycles. The first-order chi connectivity index (χ1) is 7.33. The maximum atomic E-state index is 12.1. The van der Waals surface area contributed by atoms with E-state index in [1.165, 1.54) is 19.3 Å². The van der Waals surface area contributed by atoms with E-state index in [4.69, 9.17) is 11.6 Å². The van der Waals surface area contributed by atoms with Gasteiger partial charge in [-0.25, -0.2) is 0 Å². The fraction of sp³-hybridized carbons (Fsp3) is 0.917. The van der Waals surface area contributed by atoms with Gasteiger partial charge in [0, 0.05) is 24.4 Å². The third kappa shape index (κ3) is 2.47. The van der Waals surface area contributed by atoms with Crippen molar-refractivity contribution in [3.63, 3.8) is 0 Å². The van der Waals surface area contributed by atoms with Crippen LogP contribution in [0.3, 0.4) is 0 Å². The third-order valence-electron chi connectivity index (χ3n) is 3.81. The van der Waals surface area contributed by atoms with E-state index in [2.05, 4.69) is 4.90 Å². The number of likely N-dealkylation sites (tertiary alicyclic amines) is 1. The Morgan fingerprint density at radius 3 is 2.60 bits per heavy atom. The number of amides is 1. The largest absolute Gasteiger partial charge is 0.339 e. The average molecular weight is 230 g/mol. The number of alkyl halides is 1. The van der Waals surface area contributed by atoms with Gasteiger partial charge in [-0.3, -0.25) is 4.79 Å². The molecule has 1 atom stereocenters. The van der Waals surface area contributed by atoms with Crippen LogP contribution in [0.15, 0.2) is 0 Å². The highest BCUT2D eigenvalue weighted by molar-refractivity contribution is 6.17. The van der Waals surface area contributed by atoms with Gasteiger partial charge in [-0.15, -0.1) is 11.6 Å². The van der Waals surface area contributed by atoms with E-state index >= 15 is 0 Å². The molecule has 0 N–H and O–H groups in total. The highest BCUT2D eigenvalue weighted by atomic mass is 35.5. The molecule has 0 aromatic rings. The van der Waals surface area contributed by atoms with E-state index in [0.29, 0.717) is 23.7 Å². The second-order valence-electron chi connectivity index (χ2n) is 4.79. The summed E-state index contributed by atoms with van der Waals surface area (Å²) in [6.45, 7) is 0.969. The van der Waals surface area contributed by atoms with Gasteiger partial charge < -0.3 is 4.90 Å². The van der Waals surface area contributed by atoms with E-state index in [1.54, 1.807) is 0 Å². The van der Waals surface area contributed by atoms with Gasteiger partial charge in [-0.1, -0.05) is 6.42 Å². The Hall–Kier alpha value is -0.240. The van der Waals surface area contributed by atoms with Crippen molar-refractivity contribution in [1.29, 1.82) is 0 Å². The molecule has 15 heavy (non-hydrogen) atoms. The van der Waals surface area contributed by atoms with Crippen molar-refractivity contribution >= 4 is 17.5 Å². The van der Waals surface area contributed by atoms with Gasteiger partial charge in [0.2, 0.25) is 5.91 Å². The van der Waals surface area contributed by atoms with Gasteiger partial charge in [-0.2, -0.15) is 0 Å². The first-order valence-corrected chi connectivity index (χ1v) is 6.73. The SMILES string of the molecule is O=C(C1CCC1)N1CCCCC1CCCl. The molecule has 86 valence electrons. The summed E-state index contributed by atoms with van der Waals surface area (Å²) in [6, 6.07) is 0.435. The zero-order valence-electron chi connectivity index (χ0n) is 9.25. The lowest BCUT2D eigenvalue weighted by atomic mass is 9.83. The van der Waals surface area contributed by atoms with Crippen molar-refractivity contribution in [2.24, 2.45) is 5.92 Å². The summed E-state index contributed by atoms with van der Waals surface area (Å²) in [5, 5.41) is 0. The van der Waals surface area contributed by atoms with E-state index < -0.39 is 0 Å². The molecular formula is C12H20ClNO. The van der Waals surface area contributed by atoms with Crippen LogP contribution in [0.4, 0.5) is 0 Å². The zero-order chi connectivity index (χ0) is 10.7. The third-order valence-corrected chi connectivity index (χ3v) is 4.03.